The number of nitrogens with zero attached hydrogens (tertiary/aromatic N) is 2. The zero-order chi connectivity index (χ0) is 91.7. The Bertz CT molecular complexity index is 3610. The Morgan fingerprint density at radius 3 is 0.829 bits per heavy atom. The van der Waals surface area contributed by atoms with E-state index in [4.69, 9.17) is 14.2 Å². The summed E-state index contributed by atoms with van der Waals surface area (Å²) in [4.78, 5) is 72.4. The van der Waals surface area contributed by atoms with E-state index in [0.717, 1.165) is 123 Å². The lowest BCUT2D eigenvalue weighted by atomic mass is 9.97. The molecule has 9 aliphatic heterocycles. The summed E-state index contributed by atoms with van der Waals surface area (Å²) >= 11 is 0. The number of alkyl carbamates (subject to hydrolysis) is 1. The minimum atomic E-state index is -3.11. The van der Waals surface area contributed by atoms with E-state index in [-0.39, 0.29) is 217 Å². The Morgan fingerprint density at radius 1 is 0.341 bits per heavy atom. The fourth-order valence-electron chi connectivity index (χ4n) is 12.7. The van der Waals surface area contributed by atoms with Crippen LogP contribution in [0.15, 0.2) is 0 Å². The van der Waals surface area contributed by atoms with E-state index in [1.807, 2.05) is 20.8 Å². The third-order valence-electron chi connectivity index (χ3n) is 18.8. The molecule has 8 amide bonds. The summed E-state index contributed by atoms with van der Waals surface area (Å²) in [5, 5.41) is 40.2. The second-order valence-electron chi connectivity index (χ2n) is 39.7. The van der Waals surface area contributed by atoms with Crippen LogP contribution in [0, 0.1) is 121 Å². The molecular weight excluding hydrogens is 1650 g/mol. The second kappa shape index (κ2) is 63.5. The van der Waals surface area contributed by atoms with Gasteiger partial charge in [0, 0.05) is 172 Å². The van der Waals surface area contributed by atoms with Crippen LogP contribution in [0.5, 0.6) is 0 Å². The number of rotatable bonds is 13. The Balaban J connectivity index is -0.000000460. The molecule has 9 rings (SSSR count). The molecule has 28 heteroatoms. The van der Waals surface area contributed by atoms with Gasteiger partial charge in [-0.05, 0) is 231 Å². The van der Waals surface area contributed by atoms with Gasteiger partial charge in [-0.15, -0.1) is 0 Å². The smallest absolute Gasteiger partial charge is 0.410 e. The van der Waals surface area contributed by atoms with E-state index >= 15 is 0 Å². The normalized spacial score (nSPS) is 23.8. The second-order valence-corrected chi connectivity index (χ2v) is 41.8. The Labute approximate surface area is 789 Å². The van der Waals surface area contributed by atoms with Crippen molar-refractivity contribution in [3.8, 4) is 82.9 Å². The molecule has 9 saturated heterocycles. The van der Waals surface area contributed by atoms with Crippen LogP contribution in [0.1, 0.15) is 309 Å². The number of hydrogen-bond donors (Lipinski definition) is 14. The van der Waals surface area contributed by atoms with E-state index in [2.05, 4.69) is 302 Å². The zero-order valence-electron chi connectivity index (χ0n) is 79.5. The Morgan fingerprint density at radius 2 is 0.581 bits per heavy atom. The highest BCUT2D eigenvalue weighted by Crippen LogP contribution is 2.22. The molecule has 0 aromatic carbocycles. The standard InChI is InChI=1S/2C15H24N2O2.2C13H23N3O.C13H22N2O2.C13H22N2O.C12H22N2O2S.7CH4/c2*1-15(2,3)7-6-12-10-13(11-16-12)19-14(18)17-8-4-5-9-17;2*1-5-14-12(17)16-11-8-10(15-9-11)6-7-13(2,3)4;1-5-17-12(16)15-11-8-10(14-9-11)6-7-13(2,3)4;1-5-12(16)15-11-8-10(14-9-11)6-7-13(2,3)4;1-5-17(15,16)14-11-8-10(13-9-11)6-7-12(2,3)4;;;;;;;/h2*12-13,16H,4-5,8-11H2,1-3H3;2*10-11,15H,5,8-9H2,1-4H3,(H2,14,16,17);10-11,14H,5,8-9H2,1-4H3,(H,15,16);10-11,14H,5,8-9H2,1-4H3,(H,15,16);10-11,13-14H,5,8-9H2,1-4H3;7*1H4/t12?,13-;12-,13+;10?,11-;10-,11-;2*10?,11-;10-,11-;;;;;;;/m1101101......./s1. The van der Waals surface area contributed by atoms with Crippen LogP contribution >= 0.6 is 0 Å². The predicted octanol–water partition coefficient (Wildman–Crippen LogP) is 14.1. The highest BCUT2D eigenvalue weighted by atomic mass is 32.2. The topological polar surface area (TPSA) is 339 Å². The van der Waals surface area contributed by atoms with E-state index in [1.165, 1.54) is 0 Å². The van der Waals surface area contributed by atoms with Crippen LogP contribution in [-0.2, 0) is 29.0 Å². The molecule has 0 saturated carbocycles. The molecule has 0 spiro atoms. The average molecular weight is 1830 g/mol. The molecule has 0 radical (unpaired) electrons. The summed E-state index contributed by atoms with van der Waals surface area (Å²) in [5.74, 6) is 45.3. The van der Waals surface area contributed by atoms with Gasteiger partial charge >= 0.3 is 30.3 Å². The average Bonchev–Trinajstić information content (AvgIpc) is 1.88. The van der Waals surface area contributed by atoms with Crippen molar-refractivity contribution in [3.63, 3.8) is 0 Å². The Hall–Kier alpha value is -7.63. The fourth-order valence-corrected chi connectivity index (χ4v) is 13.6. The molecule has 27 nitrogen and oxygen atoms in total. The van der Waals surface area contributed by atoms with Gasteiger partial charge < -0.3 is 82.5 Å². The molecule has 129 heavy (non-hydrogen) atoms. The lowest BCUT2D eigenvalue weighted by Gasteiger charge is -2.18. The van der Waals surface area contributed by atoms with Gasteiger partial charge in [-0.1, -0.05) is 142 Å². The summed E-state index contributed by atoms with van der Waals surface area (Å²) in [6.45, 7) is 63.3. The number of carbonyl (C=O) groups excluding carboxylic acids is 6. The van der Waals surface area contributed by atoms with Crippen LogP contribution in [0.3, 0.4) is 0 Å². The molecule has 0 bridgehead atoms. The molecule has 0 aromatic rings. The first-order chi connectivity index (χ1) is 56.7. The van der Waals surface area contributed by atoms with Crippen molar-refractivity contribution in [2.24, 2.45) is 37.9 Å². The maximum atomic E-state index is 11.9. The van der Waals surface area contributed by atoms with Gasteiger partial charge in [-0.25, -0.2) is 37.1 Å². The quantitative estimate of drug-likeness (QED) is 0.0602. The maximum absolute atomic E-state index is 11.9. The summed E-state index contributed by atoms with van der Waals surface area (Å²) in [7, 11) is -3.11. The number of urea groups is 2. The van der Waals surface area contributed by atoms with Gasteiger partial charge in [0.25, 0.3) is 0 Å². The highest BCUT2D eigenvalue weighted by Gasteiger charge is 2.34. The van der Waals surface area contributed by atoms with Crippen molar-refractivity contribution in [1.82, 2.24) is 83.6 Å². The number of hydrogen-bond acceptors (Lipinski definition) is 18. The van der Waals surface area contributed by atoms with Gasteiger partial charge in [-0.3, -0.25) is 15.4 Å². The molecule has 744 valence electrons. The van der Waals surface area contributed by atoms with Crippen LogP contribution in [0.4, 0.5) is 24.0 Å². The van der Waals surface area contributed by atoms with Crippen molar-refractivity contribution in [3.05, 3.63) is 0 Å². The van der Waals surface area contributed by atoms with Crippen LogP contribution in [-0.4, -0.2) is 237 Å². The molecule has 14 N–H and O–H groups in total. The monoisotopic (exact) mass is 1830 g/mol. The highest BCUT2D eigenvalue weighted by molar-refractivity contribution is 7.89. The molecule has 14 atom stereocenters. The SMILES string of the molecule is C.C.C.C.C.C.C.CC(C)(C)C#CC1C[C@@H](OC(=O)N2CCCC2)CN1.CC(C)(C)C#C[C@@H]1C[C@H](OC(=O)N2CCCC2)CN1.CCC(=O)N[C@@H]1CNC(C#CC(C)(C)C)C1.CCNC(=O)N[C@@H]1CNC(C#CC(C)(C)C)C1.CCNC(=O)N[C@H]1CN[C@H](C#CC(C)(C)C)C1.CCOC(=O)N[C@H]1CNC(C#CC(C)(C)C)C1.CCS(=O)(=O)N[C@H]1CN[C@H](C#CC(C)(C)C)C1. The molecule has 4 unspecified atom stereocenters. The number of nitrogens with one attached hydrogen (secondary N) is 14. The fraction of sp³-hybridized carbons (Fsp3) is 0.802. The van der Waals surface area contributed by atoms with E-state index in [0.29, 0.717) is 45.8 Å². The van der Waals surface area contributed by atoms with Gasteiger partial charge in [0.05, 0.1) is 54.7 Å². The lowest BCUT2D eigenvalue weighted by molar-refractivity contribution is -0.121. The van der Waals surface area contributed by atoms with Crippen molar-refractivity contribution >= 4 is 46.3 Å². The lowest BCUT2D eigenvalue weighted by Crippen LogP contribution is -2.42. The number of carbonyl (C=O) groups is 6. The number of sulfonamides is 1. The van der Waals surface area contributed by atoms with Crippen LogP contribution in [0.2, 0.25) is 0 Å². The van der Waals surface area contributed by atoms with Gasteiger partial charge in [-0.2, -0.15) is 0 Å². The molecular formula is C101H188N16O11S. The van der Waals surface area contributed by atoms with Gasteiger partial charge in [0.1, 0.15) is 12.2 Å². The third-order valence-corrected chi connectivity index (χ3v) is 20.3. The molecule has 0 aliphatic carbocycles. The summed E-state index contributed by atoms with van der Waals surface area (Å²) < 4.78 is 41.3. The van der Waals surface area contributed by atoms with Crippen LogP contribution < -0.4 is 73.8 Å². The first-order valence-electron chi connectivity index (χ1n) is 44.8. The van der Waals surface area contributed by atoms with Crippen molar-refractivity contribution in [1.29, 1.82) is 0 Å². The van der Waals surface area contributed by atoms with Crippen molar-refractivity contribution in [2.75, 3.05) is 97.4 Å². The molecule has 9 fully saturated rings. The number of amides is 8. The minimum Gasteiger partial charge on any atom is -0.450 e. The predicted molar refractivity (Wildman–Crippen MR) is 539 cm³/mol. The number of likely N-dealkylation sites (tertiary alicyclic amines) is 2. The third kappa shape index (κ3) is 64.0. The molecule has 9 aliphatic rings. The summed E-state index contributed by atoms with van der Waals surface area (Å²) in [6.07, 6.45) is 10.0. The largest absolute Gasteiger partial charge is 0.450 e. The summed E-state index contributed by atoms with van der Waals surface area (Å²) in [5.41, 5.74) is 0.168. The first-order valence-corrected chi connectivity index (χ1v) is 46.4. The summed E-state index contributed by atoms with van der Waals surface area (Å²) in [6, 6.07) is 1.68. The van der Waals surface area contributed by atoms with Crippen molar-refractivity contribution in [2.45, 2.75) is 394 Å². The Kier molecular flexibility index (Phi) is 63.9. The van der Waals surface area contributed by atoms with E-state index < -0.39 is 10.0 Å². The minimum absolute atomic E-state index is 0. The first kappa shape index (κ1) is 130. The molecule has 0 aromatic heterocycles. The number of ether oxygens (including phenoxy) is 3. The van der Waals surface area contributed by atoms with E-state index in [1.54, 1.807) is 23.6 Å². The molecule has 9 heterocycles. The maximum Gasteiger partial charge on any atom is 0.410 e. The zero-order valence-corrected chi connectivity index (χ0v) is 80.3. The van der Waals surface area contributed by atoms with E-state index in [9.17, 15) is 37.2 Å². The van der Waals surface area contributed by atoms with Crippen molar-refractivity contribution < 1.29 is 51.4 Å². The van der Waals surface area contributed by atoms with Gasteiger partial charge in [0.15, 0.2) is 0 Å². The van der Waals surface area contributed by atoms with Gasteiger partial charge in [0.2, 0.25) is 15.9 Å². The van der Waals surface area contributed by atoms with Crippen LogP contribution in [0.25, 0.3) is 0 Å².